The molecule has 1 aliphatic heterocycles. The molecule has 0 aliphatic carbocycles. The maximum absolute atomic E-state index is 12.2. The van der Waals surface area contributed by atoms with Crippen LogP contribution in [-0.4, -0.2) is 26.4 Å². The number of nitrogens with one attached hydrogen (secondary N) is 1. The second kappa shape index (κ2) is 7.55. The van der Waals surface area contributed by atoms with Crippen LogP contribution >= 0.6 is 0 Å². The van der Waals surface area contributed by atoms with Gasteiger partial charge in [0, 0.05) is 19.3 Å². The van der Waals surface area contributed by atoms with Crippen LogP contribution in [-0.2, 0) is 4.74 Å². The van der Waals surface area contributed by atoms with Crippen molar-refractivity contribution < 1.29 is 18.3 Å². The van der Waals surface area contributed by atoms with Crippen molar-refractivity contribution in [1.29, 1.82) is 0 Å². The minimum absolute atomic E-state index is 0.110. The Morgan fingerprint density at radius 1 is 1.45 bits per heavy atom. The van der Waals surface area contributed by atoms with Gasteiger partial charge in [-0.15, -0.1) is 0 Å². The number of benzene rings is 1. The molecule has 0 spiro atoms. The average Bonchev–Trinajstić information content (AvgIpc) is 2.91. The number of ether oxygens (including phenoxy) is 2. The Labute approximate surface area is 118 Å². The summed E-state index contributed by atoms with van der Waals surface area (Å²) in [5, 5.41) is 3.41. The molecule has 1 N–H and O–H groups in total. The molecule has 0 saturated carbocycles. The summed E-state index contributed by atoms with van der Waals surface area (Å²) in [6.07, 6.45) is 2.21. The number of halogens is 2. The quantitative estimate of drug-likeness (QED) is 0.833. The Bertz CT molecular complexity index is 409. The number of rotatable bonds is 7. The molecule has 20 heavy (non-hydrogen) atoms. The van der Waals surface area contributed by atoms with Crippen LogP contribution in [0.5, 0.6) is 5.75 Å². The van der Waals surface area contributed by atoms with Gasteiger partial charge in [0.15, 0.2) is 0 Å². The molecule has 112 valence electrons. The lowest BCUT2D eigenvalue weighted by atomic mass is 10.0. The Kier molecular flexibility index (Phi) is 5.73. The van der Waals surface area contributed by atoms with Crippen molar-refractivity contribution in [1.82, 2.24) is 5.32 Å². The number of alkyl halides is 2. The third kappa shape index (κ3) is 4.72. The van der Waals surface area contributed by atoms with Gasteiger partial charge >= 0.3 is 6.61 Å². The molecular formula is C15H21F2NO2. The molecular weight excluding hydrogens is 264 g/mol. The van der Waals surface area contributed by atoms with Crippen LogP contribution in [0.25, 0.3) is 0 Å². The van der Waals surface area contributed by atoms with Crippen LogP contribution in [0.2, 0.25) is 0 Å². The van der Waals surface area contributed by atoms with Crippen molar-refractivity contribution in [3.8, 4) is 5.75 Å². The first-order valence-corrected chi connectivity index (χ1v) is 7.01. The van der Waals surface area contributed by atoms with Crippen molar-refractivity contribution >= 4 is 0 Å². The minimum atomic E-state index is -2.78. The van der Waals surface area contributed by atoms with Crippen LogP contribution in [0.1, 0.15) is 31.4 Å². The Morgan fingerprint density at radius 3 is 3.00 bits per heavy atom. The molecule has 1 fully saturated rings. The third-order valence-electron chi connectivity index (χ3n) is 3.61. The molecule has 0 bridgehead atoms. The van der Waals surface area contributed by atoms with E-state index in [2.05, 4.69) is 10.1 Å². The van der Waals surface area contributed by atoms with Crippen molar-refractivity contribution in [2.24, 2.45) is 5.92 Å². The summed E-state index contributed by atoms with van der Waals surface area (Å²) in [6, 6.07) is 6.95. The smallest absolute Gasteiger partial charge is 0.387 e. The summed E-state index contributed by atoms with van der Waals surface area (Å²) in [5.41, 5.74) is 0.950. The van der Waals surface area contributed by atoms with E-state index in [0.717, 1.165) is 38.2 Å². The van der Waals surface area contributed by atoms with Crippen LogP contribution < -0.4 is 10.1 Å². The largest absolute Gasteiger partial charge is 0.435 e. The summed E-state index contributed by atoms with van der Waals surface area (Å²) in [6.45, 7) is 1.86. The van der Waals surface area contributed by atoms with E-state index in [1.54, 1.807) is 12.1 Å². The predicted octanol–water partition coefficient (Wildman–Crippen LogP) is 3.37. The molecule has 0 radical (unpaired) electrons. The van der Waals surface area contributed by atoms with Gasteiger partial charge in [-0.1, -0.05) is 12.1 Å². The van der Waals surface area contributed by atoms with Gasteiger partial charge in [-0.3, -0.25) is 0 Å². The van der Waals surface area contributed by atoms with Gasteiger partial charge in [-0.25, -0.2) is 0 Å². The summed E-state index contributed by atoms with van der Waals surface area (Å²) >= 11 is 0. The van der Waals surface area contributed by atoms with E-state index >= 15 is 0 Å². The zero-order chi connectivity index (χ0) is 14.4. The highest BCUT2D eigenvalue weighted by molar-refractivity contribution is 5.30. The fourth-order valence-electron chi connectivity index (χ4n) is 2.39. The molecule has 1 saturated heterocycles. The van der Waals surface area contributed by atoms with Gasteiger partial charge in [-0.2, -0.15) is 8.78 Å². The van der Waals surface area contributed by atoms with E-state index in [4.69, 9.17) is 4.74 Å². The Balaban J connectivity index is 1.80. The van der Waals surface area contributed by atoms with Gasteiger partial charge in [0.2, 0.25) is 0 Å². The van der Waals surface area contributed by atoms with E-state index < -0.39 is 6.61 Å². The maximum atomic E-state index is 12.2. The van der Waals surface area contributed by atoms with Gasteiger partial charge in [0.1, 0.15) is 5.75 Å². The monoisotopic (exact) mass is 285 g/mol. The molecule has 0 amide bonds. The van der Waals surface area contributed by atoms with E-state index in [1.807, 2.05) is 13.0 Å². The SMILES string of the molecule is CC(NCCC1CCOC1)c1cccc(OC(F)F)c1. The Hall–Kier alpha value is -1.20. The predicted molar refractivity (Wildman–Crippen MR) is 73.0 cm³/mol. The fourth-order valence-corrected chi connectivity index (χ4v) is 2.39. The first kappa shape index (κ1) is 15.2. The maximum Gasteiger partial charge on any atom is 0.387 e. The second-order valence-corrected chi connectivity index (χ2v) is 5.15. The van der Waals surface area contributed by atoms with Crippen molar-refractivity contribution in [3.05, 3.63) is 29.8 Å². The summed E-state index contributed by atoms with van der Waals surface area (Å²) in [7, 11) is 0. The third-order valence-corrected chi connectivity index (χ3v) is 3.61. The number of hydrogen-bond acceptors (Lipinski definition) is 3. The van der Waals surface area contributed by atoms with Gasteiger partial charge < -0.3 is 14.8 Å². The standard InChI is InChI=1S/C15H21F2NO2/c1-11(18-7-5-12-6-8-19-10-12)13-3-2-4-14(9-13)20-15(16)17/h2-4,9,11-12,15,18H,5-8,10H2,1H3. The first-order valence-electron chi connectivity index (χ1n) is 7.01. The molecule has 1 heterocycles. The number of hydrogen-bond donors (Lipinski definition) is 1. The van der Waals surface area contributed by atoms with E-state index in [1.165, 1.54) is 6.07 Å². The highest BCUT2D eigenvalue weighted by atomic mass is 19.3. The van der Waals surface area contributed by atoms with Crippen LogP contribution in [0.15, 0.2) is 24.3 Å². The van der Waals surface area contributed by atoms with Gasteiger partial charge in [-0.05, 0) is 49.9 Å². The lowest BCUT2D eigenvalue weighted by Crippen LogP contribution is -2.22. The molecule has 1 aromatic rings. The zero-order valence-corrected chi connectivity index (χ0v) is 11.6. The minimum Gasteiger partial charge on any atom is -0.435 e. The topological polar surface area (TPSA) is 30.5 Å². The highest BCUT2D eigenvalue weighted by Gasteiger charge is 2.15. The molecule has 1 aliphatic rings. The highest BCUT2D eigenvalue weighted by Crippen LogP contribution is 2.21. The normalized spacial score (nSPS) is 20.3. The fraction of sp³-hybridized carbons (Fsp3) is 0.600. The van der Waals surface area contributed by atoms with Crippen LogP contribution in [0.4, 0.5) is 8.78 Å². The van der Waals surface area contributed by atoms with E-state index in [9.17, 15) is 8.78 Å². The van der Waals surface area contributed by atoms with Gasteiger partial charge in [0.25, 0.3) is 0 Å². The molecule has 2 atom stereocenters. The summed E-state index contributed by atoms with van der Waals surface area (Å²) in [4.78, 5) is 0. The van der Waals surface area contributed by atoms with Gasteiger partial charge in [0.05, 0.1) is 0 Å². The Morgan fingerprint density at radius 2 is 2.30 bits per heavy atom. The summed E-state index contributed by atoms with van der Waals surface area (Å²) < 4.78 is 34.1. The lowest BCUT2D eigenvalue weighted by Gasteiger charge is -2.16. The van der Waals surface area contributed by atoms with Crippen LogP contribution in [0, 0.1) is 5.92 Å². The van der Waals surface area contributed by atoms with Crippen molar-refractivity contribution in [3.63, 3.8) is 0 Å². The zero-order valence-electron chi connectivity index (χ0n) is 11.6. The summed E-state index contributed by atoms with van der Waals surface area (Å²) in [5.74, 6) is 0.846. The first-order chi connectivity index (χ1) is 9.65. The second-order valence-electron chi connectivity index (χ2n) is 5.15. The molecule has 0 aromatic heterocycles. The van der Waals surface area contributed by atoms with Crippen molar-refractivity contribution in [2.75, 3.05) is 19.8 Å². The van der Waals surface area contributed by atoms with Crippen molar-refractivity contribution in [2.45, 2.75) is 32.4 Å². The molecule has 1 aromatic carbocycles. The van der Waals surface area contributed by atoms with Crippen LogP contribution in [0.3, 0.4) is 0 Å². The molecule has 3 nitrogen and oxygen atoms in total. The lowest BCUT2D eigenvalue weighted by molar-refractivity contribution is -0.0499. The van der Waals surface area contributed by atoms with E-state index in [-0.39, 0.29) is 11.8 Å². The molecule has 2 unspecified atom stereocenters. The average molecular weight is 285 g/mol. The molecule has 5 heteroatoms. The van der Waals surface area contributed by atoms with E-state index in [0.29, 0.717) is 5.92 Å². The molecule has 2 rings (SSSR count).